The lowest BCUT2D eigenvalue weighted by Crippen LogP contribution is -2.33. The van der Waals surface area contributed by atoms with Crippen LogP contribution in [0.4, 0.5) is 0 Å². The molecule has 0 bridgehead atoms. The standard InChI is InChI=1S/C16H26OSi/c1-13(14(2)18(3,4)5)16(17)12-11-15-9-7-6-8-10-15/h6-10,13,16-17H,2,11-12H2,1,3-5H3/t13-,16+/m0/s1. The number of benzene rings is 1. The number of hydrogen-bond acceptors (Lipinski definition) is 1. The SMILES string of the molecule is C=C([C@H](C)[C@H](O)CCc1ccccc1)[Si](C)(C)C. The molecule has 1 rings (SSSR count). The Morgan fingerprint density at radius 2 is 1.78 bits per heavy atom. The summed E-state index contributed by atoms with van der Waals surface area (Å²) in [5.74, 6) is 0.209. The van der Waals surface area contributed by atoms with Crippen LogP contribution in [0.1, 0.15) is 18.9 Å². The maximum atomic E-state index is 10.3. The third-order valence-electron chi connectivity index (χ3n) is 3.66. The number of aryl methyl sites for hydroxylation is 1. The summed E-state index contributed by atoms with van der Waals surface area (Å²) in [6, 6.07) is 10.4. The minimum absolute atomic E-state index is 0.209. The lowest BCUT2D eigenvalue weighted by Gasteiger charge is -2.29. The van der Waals surface area contributed by atoms with Crippen LogP contribution in [0.25, 0.3) is 0 Å². The molecule has 1 aromatic carbocycles. The van der Waals surface area contributed by atoms with Crippen molar-refractivity contribution in [3.63, 3.8) is 0 Å². The first-order valence-electron chi connectivity index (χ1n) is 6.73. The maximum Gasteiger partial charge on any atom is 0.0721 e. The van der Waals surface area contributed by atoms with Crippen molar-refractivity contribution in [2.45, 2.75) is 45.5 Å². The van der Waals surface area contributed by atoms with Crippen molar-refractivity contribution in [2.75, 3.05) is 0 Å². The van der Waals surface area contributed by atoms with Gasteiger partial charge in [0.2, 0.25) is 0 Å². The van der Waals surface area contributed by atoms with E-state index < -0.39 is 8.07 Å². The third-order valence-corrected chi connectivity index (χ3v) is 6.04. The van der Waals surface area contributed by atoms with E-state index in [1.54, 1.807) is 0 Å². The van der Waals surface area contributed by atoms with Crippen molar-refractivity contribution in [3.8, 4) is 0 Å². The van der Waals surface area contributed by atoms with Crippen LogP contribution in [0.15, 0.2) is 42.1 Å². The number of aliphatic hydroxyl groups is 1. The van der Waals surface area contributed by atoms with E-state index in [0.29, 0.717) is 0 Å². The minimum atomic E-state index is -1.35. The van der Waals surface area contributed by atoms with Crippen LogP contribution in [0.2, 0.25) is 19.6 Å². The van der Waals surface area contributed by atoms with E-state index in [4.69, 9.17) is 0 Å². The molecule has 0 aromatic heterocycles. The average Bonchev–Trinajstić information content (AvgIpc) is 2.34. The Morgan fingerprint density at radius 3 is 2.28 bits per heavy atom. The van der Waals surface area contributed by atoms with Gasteiger partial charge >= 0.3 is 0 Å². The molecule has 0 spiro atoms. The second-order valence-corrected chi connectivity index (χ2v) is 11.3. The van der Waals surface area contributed by atoms with Gasteiger partial charge in [-0.15, -0.1) is 6.58 Å². The van der Waals surface area contributed by atoms with Crippen molar-refractivity contribution in [3.05, 3.63) is 47.7 Å². The molecule has 0 saturated carbocycles. The Balaban J connectivity index is 2.51. The monoisotopic (exact) mass is 262 g/mol. The largest absolute Gasteiger partial charge is 0.393 e. The lowest BCUT2D eigenvalue weighted by molar-refractivity contribution is 0.126. The first-order valence-corrected chi connectivity index (χ1v) is 10.2. The van der Waals surface area contributed by atoms with Crippen LogP contribution < -0.4 is 0 Å². The number of aliphatic hydroxyl groups excluding tert-OH is 1. The zero-order valence-electron chi connectivity index (χ0n) is 12.1. The predicted octanol–water partition coefficient (Wildman–Crippen LogP) is 4.05. The van der Waals surface area contributed by atoms with E-state index in [1.165, 1.54) is 10.8 Å². The second-order valence-electron chi connectivity index (χ2n) is 6.16. The van der Waals surface area contributed by atoms with Gasteiger partial charge in [-0.25, -0.2) is 0 Å². The first kappa shape index (κ1) is 15.2. The zero-order valence-corrected chi connectivity index (χ0v) is 13.1. The molecular formula is C16H26OSi. The van der Waals surface area contributed by atoms with Gasteiger partial charge in [0.25, 0.3) is 0 Å². The Bertz CT molecular complexity index is 378. The highest BCUT2D eigenvalue weighted by molar-refractivity contribution is 6.83. The highest BCUT2D eigenvalue weighted by Gasteiger charge is 2.26. The van der Waals surface area contributed by atoms with Gasteiger partial charge in [0.05, 0.1) is 14.2 Å². The van der Waals surface area contributed by atoms with Crippen LogP contribution in [0, 0.1) is 5.92 Å². The van der Waals surface area contributed by atoms with Gasteiger partial charge in [-0.2, -0.15) is 0 Å². The zero-order chi connectivity index (χ0) is 13.8. The van der Waals surface area contributed by atoms with Crippen LogP contribution in [-0.2, 0) is 6.42 Å². The van der Waals surface area contributed by atoms with E-state index in [1.807, 2.05) is 18.2 Å². The third kappa shape index (κ3) is 4.43. The summed E-state index contributed by atoms with van der Waals surface area (Å²) in [5.41, 5.74) is 1.29. The first-order chi connectivity index (χ1) is 8.32. The summed E-state index contributed by atoms with van der Waals surface area (Å²) in [4.78, 5) is 0. The van der Waals surface area contributed by atoms with Gasteiger partial charge in [-0.1, -0.05) is 62.1 Å². The number of rotatable bonds is 6. The molecule has 0 saturated heterocycles. The lowest BCUT2D eigenvalue weighted by atomic mass is 9.98. The summed E-state index contributed by atoms with van der Waals surface area (Å²) >= 11 is 0. The second kappa shape index (κ2) is 6.35. The Morgan fingerprint density at radius 1 is 1.22 bits per heavy atom. The predicted molar refractivity (Wildman–Crippen MR) is 82.4 cm³/mol. The summed E-state index contributed by atoms with van der Waals surface area (Å²) in [6.07, 6.45) is 1.48. The Hall–Kier alpha value is -0.863. The van der Waals surface area contributed by atoms with E-state index in [9.17, 15) is 5.11 Å². The van der Waals surface area contributed by atoms with Crippen molar-refractivity contribution in [1.82, 2.24) is 0 Å². The van der Waals surface area contributed by atoms with E-state index in [-0.39, 0.29) is 12.0 Å². The Labute approximate surface area is 113 Å². The number of hydrogen-bond donors (Lipinski definition) is 1. The van der Waals surface area contributed by atoms with Crippen molar-refractivity contribution in [2.24, 2.45) is 5.92 Å². The van der Waals surface area contributed by atoms with Crippen molar-refractivity contribution < 1.29 is 5.11 Å². The molecule has 0 aliphatic carbocycles. The molecule has 1 N–H and O–H groups in total. The molecule has 2 atom stereocenters. The smallest absolute Gasteiger partial charge is 0.0721 e. The molecule has 0 unspecified atom stereocenters. The molecule has 1 aromatic rings. The Kier molecular flexibility index (Phi) is 5.36. The quantitative estimate of drug-likeness (QED) is 0.767. The fourth-order valence-corrected chi connectivity index (χ4v) is 3.68. The molecule has 2 heteroatoms. The highest BCUT2D eigenvalue weighted by atomic mass is 28.3. The summed E-state index contributed by atoms with van der Waals surface area (Å²) in [5, 5.41) is 11.5. The van der Waals surface area contributed by atoms with E-state index in [0.717, 1.165) is 12.8 Å². The van der Waals surface area contributed by atoms with Crippen molar-refractivity contribution >= 4 is 8.07 Å². The average molecular weight is 262 g/mol. The van der Waals surface area contributed by atoms with Crippen LogP contribution >= 0.6 is 0 Å². The molecule has 0 aliphatic rings. The molecule has 0 heterocycles. The topological polar surface area (TPSA) is 20.2 Å². The maximum absolute atomic E-state index is 10.3. The summed E-state index contributed by atoms with van der Waals surface area (Å²) in [6.45, 7) is 13.2. The molecule has 100 valence electrons. The molecule has 0 aliphatic heterocycles. The summed E-state index contributed by atoms with van der Waals surface area (Å²) in [7, 11) is -1.35. The van der Waals surface area contributed by atoms with E-state index >= 15 is 0 Å². The van der Waals surface area contributed by atoms with Gasteiger partial charge in [0.1, 0.15) is 0 Å². The fourth-order valence-electron chi connectivity index (χ4n) is 2.12. The van der Waals surface area contributed by atoms with Gasteiger partial charge in [0, 0.05) is 0 Å². The molecule has 18 heavy (non-hydrogen) atoms. The van der Waals surface area contributed by atoms with Crippen molar-refractivity contribution in [1.29, 1.82) is 0 Å². The van der Waals surface area contributed by atoms with Crippen LogP contribution in [-0.4, -0.2) is 19.3 Å². The van der Waals surface area contributed by atoms with Gasteiger partial charge < -0.3 is 5.11 Å². The van der Waals surface area contributed by atoms with Crippen LogP contribution in [0.5, 0.6) is 0 Å². The minimum Gasteiger partial charge on any atom is -0.393 e. The normalized spacial score (nSPS) is 15.2. The molecule has 0 amide bonds. The van der Waals surface area contributed by atoms with E-state index in [2.05, 4.69) is 45.3 Å². The molecule has 1 nitrogen and oxygen atoms in total. The van der Waals surface area contributed by atoms with Gasteiger partial charge in [-0.05, 0) is 24.3 Å². The molecular weight excluding hydrogens is 236 g/mol. The summed E-state index contributed by atoms with van der Waals surface area (Å²) < 4.78 is 0. The molecule has 0 fully saturated rings. The fraction of sp³-hybridized carbons (Fsp3) is 0.500. The molecule has 0 radical (unpaired) electrons. The van der Waals surface area contributed by atoms with Gasteiger partial charge in [0.15, 0.2) is 0 Å². The van der Waals surface area contributed by atoms with Gasteiger partial charge in [-0.3, -0.25) is 0 Å². The van der Waals surface area contributed by atoms with Crippen LogP contribution in [0.3, 0.4) is 0 Å². The highest BCUT2D eigenvalue weighted by Crippen LogP contribution is 2.25.